The van der Waals surface area contributed by atoms with E-state index in [1.54, 1.807) is 25.3 Å². The van der Waals surface area contributed by atoms with Crippen LogP contribution >= 0.6 is 0 Å². The van der Waals surface area contributed by atoms with Crippen LogP contribution in [0.3, 0.4) is 0 Å². The molecule has 7 nitrogen and oxygen atoms in total. The first-order valence-electron chi connectivity index (χ1n) is 10.1. The number of Topliss-reactive ketones (excluding diaryl/α,β-unsaturated/α-hetero) is 1. The van der Waals surface area contributed by atoms with Crippen molar-refractivity contribution in [2.24, 2.45) is 0 Å². The number of halogens is 1. The number of amides is 1. The second-order valence-corrected chi connectivity index (χ2v) is 7.21. The minimum absolute atomic E-state index is 0.177. The molecule has 0 radical (unpaired) electrons. The second kappa shape index (κ2) is 10.3. The highest BCUT2D eigenvalue weighted by atomic mass is 19.1. The number of carbonyl (C=O) groups is 3. The van der Waals surface area contributed by atoms with Gasteiger partial charge in [-0.05, 0) is 57.5 Å². The number of ether oxygens (including phenoxy) is 2. The highest BCUT2D eigenvalue weighted by Gasteiger charge is 2.33. The Kier molecular flexibility index (Phi) is 8.10. The maximum absolute atomic E-state index is 13.5. The summed E-state index contributed by atoms with van der Waals surface area (Å²) in [5, 5.41) is 0. The maximum Gasteiger partial charge on any atom is 0.354 e. The largest absolute Gasteiger partial charge is 0.464 e. The van der Waals surface area contributed by atoms with Crippen LogP contribution in [-0.4, -0.2) is 60.5 Å². The number of hydrogen-bond acceptors (Lipinski definition) is 5. The van der Waals surface area contributed by atoms with Crippen molar-refractivity contribution in [3.05, 3.63) is 58.2 Å². The van der Waals surface area contributed by atoms with E-state index in [4.69, 9.17) is 9.47 Å². The van der Waals surface area contributed by atoms with Gasteiger partial charge in [0.05, 0.1) is 19.8 Å². The summed E-state index contributed by atoms with van der Waals surface area (Å²) in [5.74, 6) is -1.67. The Labute approximate surface area is 181 Å². The van der Waals surface area contributed by atoms with Gasteiger partial charge in [0.2, 0.25) is 0 Å². The van der Waals surface area contributed by atoms with Gasteiger partial charge in [0.15, 0.2) is 5.78 Å². The van der Waals surface area contributed by atoms with Crippen LogP contribution in [0.2, 0.25) is 0 Å². The van der Waals surface area contributed by atoms with Crippen molar-refractivity contribution in [2.75, 3.05) is 27.4 Å². The number of rotatable bonds is 9. The van der Waals surface area contributed by atoms with Crippen molar-refractivity contribution in [1.29, 1.82) is 0 Å². The lowest BCUT2D eigenvalue weighted by molar-refractivity contribution is 0.0563. The first-order chi connectivity index (χ1) is 14.7. The van der Waals surface area contributed by atoms with E-state index in [9.17, 15) is 18.8 Å². The highest BCUT2D eigenvalue weighted by Crippen LogP contribution is 2.26. The molecule has 168 valence electrons. The summed E-state index contributed by atoms with van der Waals surface area (Å²) in [7, 11) is 2.80. The molecule has 0 spiro atoms. The molecule has 0 aliphatic heterocycles. The van der Waals surface area contributed by atoms with E-state index in [1.165, 1.54) is 43.4 Å². The van der Waals surface area contributed by atoms with Gasteiger partial charge in [0.25, 0.3) is 5.91 Å². The third kappa shape index (κ3) is 4.85. The molecule has 0 saturated carbocycles. The number of esters is 1. The minimum atomic E-state index is -0.830. The first-order valence-corrected chi connectivity index (χ1v) is 10.1. The molecule has 1 aromatic heterocycles. The molecule has 0 saturated heterocycles. The quantitative estimate of drug-likeness (QED) is 0.448. The van der Waals surface area contributed by atoms with Gasteiger partial charge in [0, 0.05) is 37.0 Å². The highest BCUT2D eigenvalue weighted by molar-refractivity contribution is 6.07. The average Bonchev–Trinajstić information content (AvgIpc) is 3.02. The van der Waals surface area contributed by atoms with Crippen LogP contribution in [0.4, 0.5) is 4.39 Å². The van der Waals surface area contributed by atoms with E-state index in [2.05, 4.69) is 0 Å². The molecule has 1 aromatic carbocycles. The Balaban J connectivity index is 2.48. The van der Waals surface area contributed by atoms with Gasteiger partial charge in [-0.15, -0.1) is 0 Å². The van der Waals surface area contributed by atoms with Crippen molar-refractivity contribution in [1.82, 2.24) is 9.47 Å². The zero-order valence-electron chi connectivity index (χ0n) is 18.8. The maximum atomic E-state index is 13.5. The zero-order valence-corrected chi connectivity index (χ0v) is 18.8. The molecule has 2 rings (SSSR count). The van der Waals surface area contributed by atoms with E-state index in [0.717, 1.165) is 0 Å². The van der Waals surface area contributed by atoms with Gasteiger partial charge in [-0.25, -0.2) is 9.18 Å². The van der Waals surface area contributed by atoms with Gasteiger partial charge >= 0.3 is 5.97 Å². The van der Waals surface area contributed by atoms with Gasteiger partial charge in [-0.1, -0.05) is 0 Å². The summed E-state index contributed by atoms with van der Waals surface area (Å²) in [5.41, 5.74) is 2.14. The van der Waals surface area contributed by atoms with Crippen LogP contribution in [0.5, 0.6) is 0 Å². The zero-order chi connectivity index (χ0) is 23.3. The van der Waals surface area contributed by atoms with E-state index >= 15 is 0 Å². The molecule has 0 bridgehead atoms. The third-order valence-electron chi connectivity index (χ3n) is 5.44. The molecule has 1 amide bonds. The molecule has 1 heterocycles. The number of aromatic nitrogens is 1. The van der Waals surface area contributed by atoms with Crippen LogP contribution < -0.4 is 0 Å². The average molecular weight is 432 g/mol. The fourth-order valence-electron chi connectivity index (χ4n) is 3.78. The summed E-state index contributed by atoms with van der Waals surface area (Å²) >= 11 is 0. The number of benzene rings is 1. The van der Waals surface area contributed by atoms with E-state index in [-0.39, 0.29) is 24.5 Å². The van der Waals surface area contributed by atoms with Crippen molar-refractivity contribution in [2.45, 2.75) is 40.3 Å². The number of carbonyl (C=O) groups excluding carboxylic acids is 3. The molecule has 0 N–H and O–H groups in total. The predicted molar refractivity (Wildman–Crippen MR) is 114 cm³/mol. The topological polar surface area (TPSA) is 77.8 Å². The first kappa shape index (κ1) is 24.3. The fourth-order valence-corrected chi connectivity index (χ4v) is 3.78. The lowest BCUT2D eigenvalue weighted by Crippen LogP contribution is -2.45. The Morgan fingerprint density at radius 3 is 2.26 bits per heavy atom. The van der Waals surface area contributed by atoms with Gasteiger partial charge in [-0.3, -0.25) is 9.59 Å². The second-order valence-electron chi connectivity index (χ2n) is 7.21. The molecule has 1 unspecified atom stereocenters. The molecule has 1 atom stereocenters. The van der Waals surface area contributed by atoms with Crippen molar-refractivity contribution >= 4 is 17.7 Å². The molecule has 0 aliphatic rings. The molecular weight excluding hydrogens is 403 g/mol. The number of methoxy groups -OCH3 is 2. The van der Waals surface area contributed by atoms with E-state index < -0.39 is 23.7 Å². The molecule has 31 heavy (non-hydrogen) atoms. The fraction of sp³-hybridized carbons (Fsp3) is 0.435. The molecule has 2 aromatic rings. The summed E-state index contributed by atoms with van der Waals surface area (Å²) < 4.78 is 25.0. The normalized spacial score (nSPS) is 11.8. The Hall–Kier alpha value is -3.00. The van der Waals surface area contributed by atoms with Crippen LogP contribution in [-0.2, 0) is 16.0 Å². The van der Waals surface area contributed by atoms with Gasteiger partial charge < -0.3 is 18.9 Å². The van der Waals surface area contributed by atoms with Crippen LogP contribution in [0.25, 0.3) is 0 Å². The number of nitrogens with zero attached hydrogens (tertiary/aromatic N) is 2. The predicted octanol–water partition coefficient (Wildman–Crippen LogP) is 3.41. The Morgan fingerprint density at radius 1 is 1.13 bits per heavy atom. The summed E-state index contributed by atoms with van der Waals surface area (Å²) in [6, 6.07) is 4.34. The third-order valence-corrected chi connectivity index (χ3v) is 5.44. The lowest BCUT2D eigenvalue weighted by Gasteiger charge is -2.28. The molecule has 0 aliphatic carbocycles. The van der Waals surface area contributed by atoms with E-state index in [0.29, 0.717) is 29.1 Å². The minimum Gasteiger partial charge on any atom is -0.464 e. The number of hydrogen-bond donors (Lipinski definition) is 0. The Morgan fingerprint density at radius 2 is 1.74 bits per heavy atom. The molecule has 8 heteroatoms. The van der Waals surface area contributed by atoms with Crippen molar-refractivity contribution in [3.63, 3.8) is 0 Å². The lowest BCUT2D eigenvalue weighted by atomic mass is 9.99. The molecule has 0 fully saturated rings. The smallest absolute Gasteiger partial charge is 0.354 e. The van der Waals surface area contributed by atoms with Gasteiger partial charge in [-0.2, -0.15) is 0 Å². The number of ketones is 1. The van der Waals surface area contributed by atoms with Crippen LogP contribution in [0.15, 0.2) is 24.3 Å². The summed E-state index contributed by atoms with van der Waals surface area (Å²) in [6.07, 6.45) is 0. The van der Waals surface area contributed by atoms with E-state index in [1.807, 2.05) is 6.92 Å². The molecular formula is C23H29FN2O5. The SMILES string of the molecule is CCn1c(C)c(C(=O)C(C)N(CCOC)C(=O)c2ccc(F)cc2)c(C)c1C(=O)OC. The van der Waals surface area contributed by atoms with Crippen LogP contribution in [0, 0.1) is 19.7 Å². The van der Waals surface area contributed by atoms with Crippen molar-refractivity contribution < 1.29 is 28.2 Å². The summed E-state index contributed by atoms with van der Waals surface area (Å²) in [6.45, 7) is 7.87. The Bertz CT molecular complexity index is 965. The van der Waals surface area contributed by atoms with Crippen molar-refractivity contribution in [3.8, 4) is 0 Å². The monoisotopic (exact) mass is 432 g/mol. The van der Waals surface area contributed by atoms with Gasteiger partial charge in [0.1, 0.15) is 11.5 Å². The van der Waals surface area contributed by atoms with Crippen LogP contribution in [0.1, 0.15) is 56.3 Å². The standard InChI is InChI=1S/C23H29FN2O5/c1-7-25-15(3)19(14(2)20(25)23(29)31-6)21(27)16(4)26(12-13-30-5)22(28)17-8-10-18(24)11-9-17/h8-11,16H,7,12-13H2,1-6H3. The summed E-state index contributed by atoms with van der Waals surface area (Å²) in [4.78, 5) is 40.3.